The van der Waals surface area contributed by atoms with Crippen molar-refractivity contribution in [2.75, 3.05) is 46.8 Å². The van der Waals surface area contributed by atoms with E-state index in [0.29, 0.717) is 0 Å². The fraction of sp³-hybridized carbons (Fsp3) is 1.00. The maximum absolute atomic E-state index is 3.72. The fourth-order valence-electron chi connectivity index (χ4n) is 3.65. The average molecular weight is 267 g/mol. The van der Waals surface area contributed by atoms with Gasteiger partial charge in [0, 0.05) is 12.6 Å². The Kier molecular flexibility index (Phi) is 6.62. The molecule has 1 aliphatic heterocycles. The topological polar surface area (TPSA) is 18.5 Å². The third-order valence-corrected chi connectivity index (χ3v) is 4.77. The molecule has 1 saturated heterocycles. The van der Waals surface area contributed by atoms with Crippen LogP contribution in [0.5, 0.6) is 0 Å². The molecule has 0 aromatic carbocycles. The Balaban J connectivity index is 1.48. The minimum Gasteiger partial charge on any atom is -0.314 e. The number of nitrogens with zero attached hydrogens (tertiary/aromatic N) is 2. The molecule has 0 aromatic rings. The summed E-state index contributed by atoms with van der Waals surface area (Å²) in [5.74, 6) is 0.933. The predicted molar refractivity (Wildman–Crippen MR) is 82.6 cm³/mol. The van der Waals surface area contributed by atoms with Crippen molar-refractivity contribution in [1.82, 2.24) is 15.1 Å². The first-order valence-corrected chi connectivity index (χ1v) is 8.34. The molecule has 1 saturated carbocycles. The van der Waals surface area contributed by atoms with Crippen LogP contribution in [0.4, 0.5) is 0 Å². The number of rotatable bonds is 7. The normalized spacial score (nSPS) is 23.5. The summed E-state index contributed by atoms with van der Waals surface area (Å²) in [4.78, 5) is 5.01. The number of nitrogens with one attached hydrogen (secondary N) is 1. The minimum atomic E-state index is 0.839. The summed E-state index contributed by atoms with van der Waals surface area (Å²) in [5.41, 5.74) is 0. The van der Waals surface area contributed by atoms with Crippen molar-refractivity contribution in [3.05, 3.63) is 0 Å². The van der Waals surface area contributed by atoms with Gasteiger partial charge in [0.1, 0.15) is 0 Å². The Morgan fingerprint density at radius 3 is 2.37 bits per heavy atom. The molecular formula is C16H33N3. The fourth-order valence-corrected chi connectivity index (χ4v) is 3.65. The van der Waals surface area contributed by atoms with Gasteiger partial charge in [-0.05, 0) is 78.3 Å². The van der Waals surface area contributed by atoms with E-state index in [0.717, 1.165) is 12.0 Å². The van der Waals surface area contributed by atoms with E-state index < -0.39 is 0 Å². The summed E-state index contributed by atoms with van der Waals surface area (Å²) in [6, 6.07) is 0.839. The van der Waals surface area contributed by atoms with Gasteiger partial charge in [-0.15, -0.1) is 0 Å². The molecule has 2 fully saturated rings. The lowest BCUT2D eigenvalue weighted by Crippen LogP contribution is -2.38. The third kappa shape index (κ3) is 5.80. The second-order valence-electron chi connectivity index (χ2n) is 6.84. The zero-order valence-corrected chi connectivity index (χ0v) is 13.0. The van der Waals surface area contributed by atoms with Crippen LogP contribution in [0.2, 0.25) is 0 Å². The second kappa shape index (κ2) is 8.23. The van der Waals surface area contributed by atoms with Gasteiger partial charge in [0.15, 0.2) is 0 Å². The van der Waals surface area contributed by atoms with Gasteiger partial charge < -0.3 is 15.1 Å². The first kappa shape index (κ1) is 15.3. The van der Waals surface area contributed by atoms with Crippen LogP contribution in [0.15, 0.2) is 0 Å². The van der Waals surface area contributed by atoms with Crippen LogP contribution in [0, 0.1) is 5.92 Å². The monoisotopic (exact) mass is 267 g/mol. The van der Waals surface area contributed by atoms with Gasteiger partial charge in [0.2, 0.25) is 0 Å². The van der Waals surface area contributed by atoms with Gasteiger partial charge in [-0.1, -0.05) is 12.8 Å². The molecule has 0 aromatic heterocycles. The molecule has 1 N–H and O–H groups in total. The van der Waals surface area contributed by atoms with E-state index in [1.165, 1.54) is 77.7 Å². The maximum Gasteiger partial charge on any atom is 0.00670 e. The number of piperidine rings is 1. The van der Waals surface area contributed by atoms with E-state index >= 15 is 0 Å². The van der Waals surface area contributed by atoms with Crippen LogP contribution in [0.1, 0.15) is 44.9 Å². The first-order chi connectivity index (χ1) is 9.24. The van der Waals surface area contributed by atoms with Crippen molar-refractivity contribution in [2.45, 2.75) is 51.0 Å². The summed E-state index contributed by atoms with van der Waals surface area (Å²) in [6.45, 7) is 6.44. The van der Waals surface area contributed by atoms with Crippen LogP contribution in [-0.4, -0.2) is 62.7 Å². The van der Waals surface area contributed by atoms with Crippen molar-refractivity contribution in [3.63, 3.8) is 0 Å². The smallest absolute Gasteiger partial charge is 0.00670 e. The van der Waals surface area contributed by atoms with Crippen molar-refractivity contribution in [3.8, 4) is 0 Å². The van der Waals surface area contributed by atoms with Gasteiger partial charge in [-0.25, -0.2) is 0 Å². The molecule has 1 aliphatic carbocycles. The van der Waals surface area contributed by atoms with Gasteiger partial charge >= 0.3 is 0 Å². The molecule has 0 spiro atoms. The van der Waals surface area contributed by atoms with Gasteiger partial charge in [0.25, 0.3) is 0 Å². The van der Waals surface area contributed by atoms with Crippen LogP contribution >= 0.6 is 0 Å². The first-order valence-electron chi connectivity index (χ1n) is 8.34. The molecule has 0 bridgehead atoms. The molecular weight excluding hydrogens is 234 g/mol. The quantitative estimate of drug-likeness (QED) is 0.713. The summed E-state index contributed by atoms with van der Waals surface area (Å²) < 4.78 is 0. The van der Waals surface area contributed by atoms with Crippen LogP contribution in [0.25, 0.3) is 0 Å². The number of likely N-dealkylation sites (tertiary alicyclic amines) is 1. The van der Waals surface area contributed by atoms with E-state index in [4.69, 9.17) is 0 Å². The van der Waals surface area contributed by atoms with Crippen molar-refractivity contribution >= 4 is 0 Å². The molecule has 2 rings (SSSR count). The number of hydrogen-bond acceptors (Lipinski definition) is 3. The molecule has 2 aliphatic rings. The van der Waals surface area contributed by atoms with Crippen LogP contribution in [-0.2, 0) is 0 Å². The molecule has 0 unspecified atom stereocenters. The standard InChI is InChI=1S/C16H33N3/c1-18(2)14-15-8-12-19(13-9-15)11-5-10-17-16-6-3-4-7-16/h15-17H,3-14H2,1-2H3. The molecule has 0 radical (unpaired) electrons. The molecule has 112 valence electrons. The van der Waals surface area contributed by atoms with Crippen LogP contribution < -0.4 is 5.32 Å². The largest absolute Gasteiger partial charge is 0.314 e. The summed E-state index contributed by atoms with van der Waals surface area (Å²) in [5, 5.41) is 3.72. The Morgan fingerprint density at radius 1 is 1.05 bits per heavy atom. The van der Waals surface area contributed by atoms with Crippen molar-refractivity contribution in [1.29, 1.82) is 0 Å². The molecule has 3 nitrogen and oxygen atoms in total. The lowest BCUT2D eigenvalue weighted by atomic mass is 9.96. The van der Waals surface area contributed by atoms with Gasteiger partial charge in [0.05, 0.1) is 0 Å². The van der Waals surface area contributed by atoms with E-state index in [2.05, 4.69) is 29.2 Å². The Hall–Kier alpha value is -0.120. The Labute approximate surface area is 119 Å². The lowest BCUT2D eigenvalue weighted by Gasteiger charge is -2.33. The highest BCUT2D eigenvalue weighted by Gasteiger charge is 2.19. The Morgan fingerprint density at radius 2 is 1.74 bits per heavy atom. The van der Waals surface area contributed by atoms with E-state index in [1.807, 2.05) is 0 Å². The summed E-state index contributed by atoms with van der Waals surface area (Å²) in [7, 11) is 4.39. The number of hydrogen-bond donors (Lipinski definition) is 1. The summed E-state index contributed by atoms with van der Waals surface area (Å²) in [6.07, 6.45) is 9.83. The highest BCUT2D eigenvalue weighted by atomic mass is 15.1. The van der Waals surface area contributed by atoms with Crippen molar-refractivity contribution < 1.29 is 0 Å². The molecule has 1 heterocycles. The third-order valence-electron chi connectivity index (χ3n) is 4.77. The minimum absolute atomic E-state index is 0.839. The zero-order chi connectivity index (χ0) is 13.5. The van der Waals surface area contributed by atoms with E-state index in [1.54, 1.807) is 0 Å². The molecule has 19 heavy (non-hydrogen) atoms. The van der Waals surface area contributed by atoms with Gasteiger partial charge in [-0.3, -0.25) is 0 Å². The maximum atomic E-state index is 3.72. The molecule has 0 atom stereocenters. The van der Waals surface area contributed by atoms with E-state index in [9.17, 15) is 0 Å². The zero-order valence-electron chi connectivity index (χ0n) is 13.0. The van der Waals surface area contributed by atoms with Crippen molar-refractivity contribution in [2.24, 2.45) is 5.92 Å². The predicted octanol–water partition coefficient (Wildman–Crippen LogP) is 2.18. The SMILES string of the molecule is CN(C)CC1CCN(CCCNC2CCCC2)CC1. The highest BCUT2D eigenvalue weighted by Crippen LogP contribution is 2.18. The second-order valence-corrected chi connectivity index (χ2v) is 6.84. The van der Waals surface area contributed by atoms with E-state index in [-0.39, 0.29) is 0 Å². The van der Waals surface area contributed by atoms with Crippen LogP contribution in [0.3, 0.4) is 0 Å². The lowest BCUT2D eigenvalue weighted by molar-refractivity contribution is 0.161. The average Bonchev–Trinajstić information content (AvgIpc) is 2.89. The Bertz CT molecular complexity index is 228. The van der Waals surface area contributed by atoms with Gasteiger partial charge in [-0.2, -0.15) is 0 Å². The highest BCUT2D eigenvalue weighted by molar-refractivity contribution is 4.76. The molecule has 3 heteroatoms. The molecule has 0 amide bonds. The summed E-state index contributed by atoms with van der Waals surface area (Å²) >= 11 is 0.